The van der Waals surface area contributed by atoms with Gasteiger partial charge in [0, 0.05) is 17.2 Å². The van der Waals surface area contributed by atoms with E-state index in [2.05, 4.69) is 40.6 Å². The van der Waals surface area contributed by atoms with E-state index in [4.69, 9.17) is 11.5 Å². The maximum atomic E-state index is 6.84. The van der Waals surface area contributed by atoms with Gasteiger partial charge in [-0.25, -0.2) is 4.99 Å². The number of nitrogens with one attached hydrogen (secondary N) is 1. The zero-order valence-electron chi connectivity index (χ0n) is 12.4. The maximum absolute atomic E-state index is 6.84. The van der Waals surface area contributed by atoms with Crippen LogP contribution in [-0.4, -0.2) is 5.96 Å². The standard InChI is InChI=1S/C18H20N4/c19-17-21-16-11-4-3-9-15(16)18(20,22-17)14-10-5-7-12-6-1-2-8-13(12)14/h1-4,6,8-9,11,14H,5,7,10,20H2,(H3,19,21,22). The van der Waals surface area contributed by atoms with E-state index in [-0.39, 0.29) is 5.92 Å². The van der Waals surface area contributed by atoms with Crippen molar-refractivity contribution in [3.05, 3.63) is 65.2 Å². The molecular formula is C18H20N4. The quantitative estimate of drug-likeness (QED) is 0.756. The fourth-order valence-corrected chi connectivity index (χ4v) is 3.84. The Balaban J connectivity index is 1.90. The summed E-state index contributed by atoms with van der Waals surface area (Å²) in [6, 6.07) is 16.6. The van der Waals surface area contributed by atoms with E-state index in [1.165, 1.54) is 11.1 Å². The van der Waals surface area contributed by atoms with Gasteiger partial charge in [-0.1, -0.05) is 42.5 Å². The highest BCUT2D eigenvalue weighted by Gasteiger charge is 2.43. The second-order valence-electron chi connectivity index (χ2n) is 6.14. The van der Waals surface area contributed by atoms with Gasteiger partial charge >= 0.3 is 0 Å². The number of rotatable bonds is 1. The number of guanidine groups is 1. The van der Waals surface area contributed by atoms with Gasteiger partial charge in [-0.15, -0.1) is 0 Å². The highest BCUT2D eigenvalue weighted by molar-refractivity contribution is 5.95. The van der Waals surface area contributed by atoms with Crippen molar-refractivity contribution in [1.29, 1.82) is 0 Å². The van der Waals surface area contributed by atoms with Gasteiger partial charge in [0.1, 0.15) is 5.66 Å². The first-order valence-electron chi connectivity index (χ1n) is 7.77. The van der Waals surface area contributed by atoms with Crippen LogP contribution in [0.15, 0.2) is 53.5 Å². The average molecular weight is 292 g/mol. The molecule has 1 aliphatic heterocycles. The predicted molar refractivity (Wildman–Crippen MR) is 89.7 cm³/mol. The number of fused-ring (bicyclic) bond motifs is 2. The molecule has 5 N–H and O–H groups in total. The zero-order chi connectivity index (χ0) is 15.2. The third kappa shape index (κ3) is 1.91. The molecule has 2 unspecified atom stereocenters. The van der Waals surface area contributed by atoms with E-state index in [1.54, 1.807) is 0 Å². The third-order valence-electron chi connectivity index (χ3n) is 4.83. The highest BCUT2D eigenvalue weighted by Crippen LogP contribution is 2.46. The van der Waals surface area contributed by atoms with Crippen LogP contribution in [0.4, 0.5) is 5.69 Å². The number of aliphatic imine (C=N–C) groups is 1. The number of anilines is 1. The first-order valence-corrected chi connectivity index (χ1v) is 7.77. The van der Waals surface area contributed by atoms with Crippen molar-refractivity contribution >= 4 is 11.6 Å². The number of nitrogens with two attached hydrogens (primary N) is 2. The van der Waals surface area contributed by atoms with E-state index in [0.29, 0.717) is 5.96 Å². The van der Waals surface area contributed by atoms with E-state index in [9.17, 15) is 0 Å². The van der Waals surface area contributed by atoms with Gasteiger partial charge in [0.2, 0.25) is 0 Å². The van der Waals surface area contributed by atoms with Gasteiger partial charge in [0.15, 0.2) is 5.96 Å². The zero-order valence-corrected chi connectivity index (χ0v) is 12.4. The summed E-state index contributed by atoms with van der Waals surface area (Å²) in [6.07, 6.45) is 3.27. The van der Waals surface area contributed by atoms with Crippen molar-refractivity contribution < 1.29 is 0 Å². The fourth-order valence-electron chi connectivity index (χ4n) is 3.84. The summed E-state index contributed by atoms with van der Waals surface area (Å²) in [4.78, 5) is 4.64. The van der Waals surface area contributed by atoms with Gasteiger partial charge in [0.25, 0.3) is 0 Å². The molecule has 0 bridgehead atoms. The van der Waals surface area contributed by atoms with Gasteiger partial charge < -0.3 is 16.8 Å². The second kappa shape index (κ2) is 4.85. The van der Waals surface area contributed by atoms with E-state index in [1.807, 2.05) is 18.2 Å². The summed E-state index contributed by atoms with van der Waals surface area (Å²) in [5.41, 5.74) is 16.7. The average Bonchev–Trinajstić information content (AvgIpc) is 2.54. The summed E-state index contributed by atoms with van der Waals surface area (Å²) in [5.74, 6) is 0.545. The summed E-state index contributed by atoms with van der Waals surface area (Å²) in [7, 11) is 0. The van der Waals surface area contributed by atoms with Crippen LogP contribution in [0.5, 0.6) is 0 Å². The van der Waals surface area contributed by atoms with Crippen LogP contribution < -0.4 is 16.8 Å². The van der Waals surface area contributed by atoms with Crippen LogP contribution in [0.3, 0.4) is 0 Å². The van der Waals surface area contributed by atoms with Crippen LogP contribution in [-0.2, 0) is 12.1 Å². The van der Waals surface area contributed by atoms with Crippen LogP contribution in [0.1, 0.15) is 35.4 Å². The van der Waals surface area contributed by atoms with Crippen molar-refractivity contribution in [2.24, 2.45) is 16.5 Å². The lowest BCUT2D eigenvalue weighted by Crippen LogP contribution is -2.48. The number of para-hydroxylation sites is 1. The van der Waals surface area contributed by atoms with E-state index < -0.39 is 5.66 Å². The number of aryl methyl sites for hydroxylation is 1. The van der Waals surface area contributed by atoms with Crippen molar-refractivity contribution in [1.82, 2.24) is 0 Å². The van der Waals surface area contributed by atoms with Gasteiger partial charge in [-0.3, -0.25) is 0 Å². The number of nitrogens with zero attached hydrogens (tertiary/aromatic N) is 1. The molecule has 0 spiro atoms. The molecule has 0 amide bonds. The Morgan fingerprint density at radius 2 is 1.86 bits per heavy atom. The summed E-state index contributed by atoms with van der Waals surface area (Å²) < 4.78 is 0. The molecule has 2 aromatic rings. The molecule has 0 saturated heterocycles. The fraction of sp³-hybridized carbons (Fsp3) is 0.278. The molecule has 1 heterocycles. The molecule has 0 fully saturated rings. The summed E-state index contributed by atoms with van der Waals surface area (Å²) in [6.45, 7) is 0. The normalized spacial score (nSPS) is 26.4. The Morgan fingerprint density at radius 3 is 2.77 bits per heavy atom. The van der Waals surface area contributed by atoms with Gasteiger partial charge in [-0.2, -0.15) is 0 Å². The molecule has 0 saturated carbocycles. The smallest absolute Gasteiger partial charge is 0.195 e. The molecule has 0 aromatic heterocycles. The second-order valence-corrected chi connectivity index (χ2v) is 6.14. The molecule has 1 aliphatic carbocycles. The number of benzene rings is 2. The predicted octanol–water partition coefficient (Wildman–Crippen LogP) is 2.66. The SMILES string of the molecule is NC1=NC(N)(C2CCCc3ccccc32)c2ccccc2N1. The third-order valence-corrected chi connectivity index (χ3v) is 4.83. The number of hydrogen-bond donors (Lipinski definition) is 3. The highest BCUT2D eigenvalue weighted by atomic mass is 15.2. The van der Waals surface area contributed by atoms with Crippen LogP contribution in [0, 0.1) is 0 Å². The first kappa shape index (κ1) is 13.3. The monoisotopic (exact) mass is 292 g/mol. The topological polar surface area (TPSA) is 76.4 Å². The summed E-state index contributed by atoms with van der Waals surface area (Å²) in [5, 5.41) is 3.13. The molecule has 22 heavy (non-hydrogen) atoms. The van der Waals surface area contributed by atoms with Gasteiger partial charge in [0.05, 0.1) is 0 Å². The Kier molecular flexibility index (Phi) is 2.94. The minimum Gasteiger partial charge on any atom is -0.370 e. The lowest BCUT2D eigenvalue weighted by Gasteiger charge is -2.41. The minimum absolute atomic E-state index is 0.152. The molecule has 2 aliphatic rings. The largest absolute Gasteiger partial charge is 0.370 e. The van der Waals surface area contributed by atoms with Crippen LogP contribution in [0.2, 0.25) is 0 Å². The first-order chi connectivity index (χ1) is 10.7. The van der Waals surface area contributed by atoms with Gasteiger partial charge in [-0.05, 0) is 36.5 Å². The van der Waals surface area contributed by atoms with Crippen molar-refractivity contribution in [3.8, 4) is 0 Å². The Hall–Kier alpha value is -2.33. The van der Waals surface area contributed by atoms with Crippen LogP contribution in [0.25, 0.3) is 0 Å². The molecule has 4 heteroatoms. The lowest BCUT2D eigenvalue weighted by molar-refractivity contribution is 0.332. The Morgan fingerprint density at radius 1 is 1.09 bits per heavy atom. The molecule has 4 nitrogen and oxygen atoms in total. The molecule has 4 rings (SSSR count). The molecular weight excluding hydrogens is 272 g/mol. The molecule has 2 aromatic carbocycles. The Bertz CT molecular complexity index is 752. The van der Waals surface area contributed by atoms with E-state index >= 15 is 0 Å². The number of hydrogen-bond acceptors (Lipinski definition) is 4. The Labute approximate surface area is 130 Å². The molecule has 0 radical (unpaired) electrons. The maximum Gasteiger partial charge on any atom is 0.195 e. The van der Waals surface area contributed by atoms with Crippen molar-refractivity contribution in [3.63, 3.8) is 0 Å². The van der Waals surface area contributed by atoms with Crippen LogP contribution >= 0.6 is 0 Å². The molecule has 2 atom stereocenters. The lowest BCUT2D eigenvalue weighted by atomic mass is 9.73. The summed E-state index contributed by atoms with van der Waals surface area (Å²) >= 11 is 0. The van der Waals surface area contributed by atoms with E-state index in [0.717, 1.165) is 30.5 Å². The molecule has 112 valence electrons. The van der Waals surface area contributed by atoms with Crippen molar-refractivity contribution in [2.45, 2.75) is 30.8 Å². The minimum atomic E-state index is -0.803. The van der Waals surface area contributed by atoms with Crippen molar-refractivity contribution in [2.75, 3.05) is 5.32 Å².